The first-order valence-electron chi connectivity index (χ1n) is 12.7. The molecule has 188 valence electrons. The summed E-state index contributed by atoms with van der Waals surface area (Å²) in [6, 6.07) is 14.6. The van der Waals surface area contributed by atoms with Crippen LogP contribution in [0.15, 0.2) is 42.5 Å². The van der Waals surface area contributed by atoms with E-state index in [2.05, 4.69) is 70.4 Å². The molecule has 0 unspecified atom stereocenters. The molecule has 2 rings (SSSR count). The second-order valence-corrected chi connectivity index (χ2v) is 10.5. The summed E-state index contributed by atoms with van der Waals surface area (Å²) in [4.78, 5) is 0. The Kier molecular flexibility index (Phi) is 10.7. The van der Waals surface area contributed by atoms with Gasteiger partial charge in [0, 0.05) is 17.8 Å². The van der Waals surface area contributed by atoms with Crippen LogP contribution < -0.4 is 20.1 Å². The fraction of sp³-hybridized carbons (Fsp3) is 0.552. The van der Waals surface area contributed by atoms with Gasteiger partial charge >= 0.3 is 0 Å². The molecule has 34 heavy (non-hydrogen) atoms. The highest BCUT2D eigenvalue weighted by atomic mass is 32.1. The molecule has 0 saturated heterocycles. The minimum atomic E-state index is 0.0788. The van der Waals surface area contributed by atoms with Crippen LogP contribution in [-0.4, -0.2) is 24.9 Å². The van der Waals surface area contributed by atoms with E-state index >= 15 is 0 Å². The zero-order valence-electron chi connectivity index (χ0n) is 22.2. The maximum absolute atomic E-state index is 6.27. The molecule has 0 aliphatic rings. The van der Waals surface area contributed by atoms with Crippen molar-refractivity contribution in [2.45, 2.75) is 85.0 Å². The average molecular weight is 485 g/mol. The third-order valence-corrected chi connectivity index (χ3v) is 7.04. The maximum Gasteiger partial charge on any atom is 0.170 e. The number of unbranched alkanes of at least 4 members (excludes halogenated alkanes) is 1. The van der Waals surface area contributed by atoms with E-state index in [1.54, 1.807) is 0 Å². The highest BCUT2D eigenvalue weighted by Crippen LogP contribution is 2.38. The van der Waals surface area contributed by atoms with Gasteiger partial charge in [-0.25, -0.2) is 0 Å². The van der Waals surface area contributed by atoms with Gasteiger partial charge in [0.1, 0.15) is 11.5 Å². The Morgan fingerprint density at radius 3 is 2.15 bits per heavy atom. The summed E-state index contributed by atoms with van der Waals surface area (Å²) in [6.45, 7) is 17.9. The van der Waals surface area contributed by atoms with Crippen molar-refractivity contribution in [2.24, 2.45) is 0 Å². The molecule has 2 aromatic rings. The quantitative estimate of drug-likeness (QED) is 0.226. The van der Waals surface area contributed by atoms with Crippen molar-refractivity contribution in [3.05, 3.63) is 53.6 Å². The van der Waals surface area contributed by atoms with Gasteiger partial charge in [0.2, 0.25) is 0 Å². The number of hydrogen-bond donors (Lipinski definition) is 2. The molecular weight excluding hydrogens is 440 g/mol. The Labute approximate surface area is 212 Å². The molecule has 0 heterocycles. The van der Waals surface area contributed by atoms with Gasteiger partial charge in [-0.1, -0.05) is 53.7 Å². The van der Waals surface area contributed by atoms with Crippen LogP contribution in [0.1, 0.15) is 85.3 Å². The van der Waals surface area contributed by atoms with Crippen molar-refractivity contribution in [1.29, 1.82) is 0 Å². The monoisotopic (exact) mass is 484 g/mol. The first-order chi connectivity index (χ1) is 16.1. The molecule has 0 aromatic heterocycles. The first-order valence-corrected chi connectivity index (χ1v) is 13.1. The van der Waals surface area contributed by atoms with Gasteiger partial charge in [0.15, 0.2) is 5.11 Å². The number of hydrogen-bond acceptors (Lipinski definition) is 3. The SMILES string of the molecule is CCOc1ccc(NC(=S)NCCCCOc2ccc(C(C)(C)CC)cc2C(C)(C)CC)cc1. The number of anilines is 1. The van der Waals surface area contributed by atoms with Crippen molar-refractivity contribution in [3.8, 4) is 11.5 Å². The molecule has 0 fully saturated rings. The van der Waals surface area contributed by atoms with Crippen LogP contribution in [0.2, 0.25) is 0 Å². The Morgan fingerprint density at radius 1 is 0.853 bits per heavy atom. The van der Waals surface area contributed by atoms with Gasteiger partial charge in [0.25, 0.3) is 0 Å². The zero-order chi connectivity index (χ0) is 25.2. The lowest BCUT2D eigenvalue weighted by Gasteiger charge is -2.30. The molecular formula is C29H44N2O2S. The summed E-state index contributed by atoms with van der Waals surface area (Å²) >= 11 is 5.41. The highest BCUT2D eigenvalue weighted by molar-refractivity contribution is 7.80. The van der Waals surface area contributed by atoms with Crippen molar-refractivity contribution in [2.75, 3.05) is 25.1 Å². The molecule has 0 spiro atoms. The predicted molar refractivity (Wildman–Crippen MR) is 150 cm³/mol. The van der Waals surface area contributed by atoms with Crippen molar-refractivity contribution < 1.29 is 9.47 Å². The minimum absolute atomic E-state index is 0.0788. The summed E-state index contributed by atoms with van der Waals surface area (Å²) in [7, 11) is 0. The molecule has 0 saturated carbocycles. The molecule has 0 amide bonds. The first kappa shape index (κ1) is 28.0. The van der Waals surface area contributed by atoms with Crippen LogP contribution in [0.25, 0.3) is 0 Å². The van der Waals surface area contributed by atoms with Crippen molar-refractivity contribution >= 4 is 23.0 Å². The normalized spacial score (nSPS) is 11.7. The van der Waals surface area contributed by atoms with Crippen LogP contribution in [0.3, 0.4) is 0 Å². The summed E-state index contributed by atoms with van der Waals surface area (Å²) in [5.41, 5.74) is 3.89. The van der Waals surface area contributed by atoms with Crippen molar-refractivity contribution in [1.82, 2.24) is 5.32 Å². The molecule has 2 aromatic carbocycles. The lowest BCUT2D eigenvalue weighted by molar-refractivity contribution is 0.296. The Morgan fingerprint density at radius 2 is 1.53 bits per heavy atom. The van der Waals surface area contributed by atoms with E-state index in [0.29, 0.717) is 18.3 Å². The number of thiocarbonyl (C=S) groups is 1. The van der Waals surface area contributed by atoms with E-state index < -0.39 is 0 Å². The molecule has 4 nitrogen and oxygen atoms in total. The molecule has 0 radical (unpaired) electrons. The second-order valence-electron chi connectivity index (χ2n) is 10.1. The Balaban J connectivity index is 1.82. The topological polar surface area (TPSA) is 42.5 Å². The molecule has 0 aliphatic carbocycles. The smallest absolute Gasteiger partial charge is 0.170 e. The highest BCUT2D eigenvalue weighted by Gasteiger charge is 2.26. The number of ether oxygens (including phenoxy) is 2. The third-order valence-electron chi connectivity index (χ3n) is 6.80. The van der Waals surface area contributed by atoms with E-state index in [1.807, 2.05) is 31.2 Å². The summed E-state index contributed by atoms with van der Waals surface area (Å²) in [5.74, 6) is 1.88. The molecule has 0 atom stereocenters. The fourth-order valence-electron chi connectivity index (χ4n) is 3.59. The zero-order valence-corrected chi connectivity index (χ0v) is 23.0. The van der Waals surface area contributed by atoms with E-state index in [-0.39, 0.29) is 10.8 Å². The summed E-state index contributed by atoms with van der Waals surface area (Å²) < 4.78 is 11.7. The van der Waals surface area contributed by atoms with Gasteiger partial charge in [0.05, 0.1) is 13.2 Å². The number of rotatable bonds is 13. The fourth-order valence-corrected chi connectivity index (χ4v) is 3.81. The average Bonchev–Trinajstić information content (AvgIpc) is 2.82. The largest absolute Gasteiger partial charge is 0.494 e. The summed E-state index contributed by atoms with van der Waals surface area (Å²) in [5, 5.41) is 7.12. The van der Waals surface area contributed by atoms with Crippen LogP contribution in [0.4, 0.5) is 5.69 Å². The van der Waals surface area contributed by atoms with Crippen LogP contribution in [-0.2, 0) is 10.8 Å². The molecule has 0 bridgehead atoms. The van der Waals surface area contributed by atoms with Crippen LogP contribution in [0.5, 0.6) is 11.5 Å². The van der Waals surface area contributed by atoms with Gasteiger partial charge in [-0.15, -0.1) is 0 Å². The maximum atomic E-state index is 6.27. The van der Waals surface area contributed by atoms with Crippen LogP contribution >= 0.6 is 12.2 Å². The standard InChI is InChI=1S/C29H44N2O2S/c1-8-28(4,5)22-13-18-26(25(21-22)29(6,7)9-2)33-20-12-11-19-30-27(34)31-23-14-16-24(17-15-23)32-10-3/h13-18,21H,8-12,19-20H2,1-7H3,(H2,30,31,34). The van der Waals surface area contributed by atoms with Crippen LogP contribution in [0, 0.1) is 0 Å². The lowest BCUT2D eigenvalue weighted by atomic mass is 9.76. The van der Waals surface area contributed by atoms with Gasteiger partial charge in [-0.3, -0.25) is 0 Å². The lowest BCUT2D eigenvalue weighted by Crippen LogP contribution is -2.29. The van der Waals surface area contributed by atoms with E-state index in [4.69, 9.17) is 21.7 Å². The number of nitrogens with one attached hydrogen (secondary N) is 2. The third kappa shape index (κ3) is 8.19. The molecule has 2 N–H and O–H groups in total. The van der Waals surface area contributed by atoms with Crippen molar-refractivity contribution in [3.63, 3.8) is 0 Å². The minimum Gasteiger partial charge on any atom is -0.494 e. The van der Waals surface area contributed by atoms with E-state index in [9.17, 15) is 0 Å². The second kappa shape index (κ2) is 13.0. The van der Waals surface area contributed by atoms with Gasteiger partial charge in [-0.05, 0) is 91.6 Å². The summed E-state index contributed by atoms with van der Waals surface area (Å²) in [6.07, 6.45) is 4.13. The van der Waals surface area contributed by atoms with Gasteiger partial charge in [-0.2, -0.15) is 0 Å². The Bertz CT molecular complexity index is 907. The molecule has 5 heteroatoms. The predicted octanol–water partition coefficient (Wildman–Crippen LogP) is 7.61. The number of benzene rings is 2. The molecule has 0 aliphatic heterocycles. The van der Waals surface area contributed by atoms with Gasteiger partial charge < -0.3 is 20.1 Å². The van der Waals surface area contributed by atoms with E-state index in [1.165, 1.54) is 11.1 Å². The van der Waals surface area contributed by atoms with E-state index in [0.717, 1.165) is 49.4 Å². The Hall–Kier alpha value is -2.27.